The van der Waals surface area contributed by atoms with Crippen LogP contribution in [0.5, 0.6) is 0 Å². The standard InChI is InChI=1S/C7H9ClO6/c1-3(8)2-14-7(13)5(10)4(9)6(11)12/h4-5,9-10H,1-2H2,(H,11,12). The van der Waals surface area contributed by atoms with E-state index in [4.69, 9.17) is 26.9 Å². The number of esters is 1. The third-order valence-electron chi connectivity index (χ3n) is 1.16. The number of halogens is 1. The molecule has 7 heteroatoms. The predicted molar refractivity (Wildman–Crippen MR) is 45.6 cm³/mol. The van der Waals surface area contributed by atoms with Crippen LogP contribution in [0.25, 0.3) is 0 Å². The quantitative estimate of drug-likeness (QED) is 0.522. The number of ether oxygens (including phenoxy) is 1. The lowest BCUT2D eigenvalue weighted by atomic mass is 10.2. The lowest BCUT2D eigenvalue weighted by molar-refractivity contribution is -0.169. The molecule has 0 aromatic heterocycles. The summed E-state index contributed by atoms with van der Waals surface area (Å²) in [5.41, 5.74) is 0. The molecule has 80 valence electrons. The first-order valence-electron chi connectivity index (χ1n) is 3.45. The maximum atomic E-state index is 10.8. The highest BCUT2D eigenvalue weighted by atomic mass is 35.5. The number of aliphatic carboxylic acids is 1. The number of carbonyl (C=O) groups is 2. The molecule has 0 aliphatic carbocycles. The van der Waals surface area contributed by atoms with E-state index in [9.17, 15) is 9.59 Å². The molecule has 0 bridgehead atoms. The van der Waals surface area contributed by atoms with Gasteiger partial charge in [0.2, 0.25) is 0 Å². The maximum absolute atomic E-state index is 10.8. The van der Waals surface area contributed by atoms with Crippen molar-refractivity contribution in [3.63, 3.8) is 0 Å². The van der Waals surface area contributed by atoms with Gasteiger partial charge in [-0.05, 0) is 0 Å². The summed E-state index contributed by atoms with van der Waals surface area (Å²) in [5.74, 6) is -3.00. The Labute approximate surface area is 84.4 Å². The average molecular weight is 225 g/mol. The summed E-state index contributed by atoms with van der Waals surface area (Å²) < 4.78 is 4.29. The monoisotopic (exact) mass is 224 g/mol. The number of carboxylic acid groups (broad SMARTS) is 1. The molecule has 2 atom stereocenters. The van der Waals surface area contributed by atoms with Gasteiger partial charge in [-0.25, -0.2) is 9.59 Å². The highest BCUT2D eigenvalue weighted by Gasteiger charge is 2.31. The summed E-state index contributed by atoms with van der Waals surface area (Å²) in [6.45, 7) is 2.84. The molecule has 0 saturated carbocycles. The van der Waals surface area contributed by atoms with E-state index in [1.165, 1.54) is 0 Å². The van der Waals surface area contributed by atoms with Crippen molar-refractivity contribution in [2.45, 2.75) is 12.2 Å². The summed E-state index contributed by atoms with van der Waals surface area (Å²) in [6, 6.07) is 0. The van der Waals surface area contributed by atoms with Gasteiger partial charge < -0.3 is 20.1 Å². The van der Waals surface area contributed by atoms with Crippen molar-refractivity contribution in [3.05, 3.63) is 11.6 Å². The number of hydrogen-bond acceptors (Lipinski definition) is 5. The van der Waals surface area contributed by atoms with Crippen LogP contribution in [-0.2, 0) is 14.3 Å². The van der Waals surface area contributed by atoms with Crippen LogP contribution in [0.15, 0.2) is 11.6 Å². The van der Waals surface area contributed by atoms with Crippen molar-refractivity contribution in [1.82, 2.24) is 0 Å². The minimum Gasteiger partial charge on any atom is -0.479 e. The topological polar surface area (TPSA) is 104 Å². The van der Waals surface area contributed by atoms with Gasteiger partial charge in [-0.3, -0.25) is 0 Å². The van der Waals surface area contributed by atoms with Crippen LogP contribution in [-0.4, -0.2) is 46.1 Å². The maximum Gasteiger partial charge on any atom is 0.338 e. The molecule has 0 spiro atoms. The van der Waals surface area contributed by atoms with Crippen molar-refractivity contribution in [1.29, 1.82) is 0 Å². The number of hydrogen-bond donors (Lipinski definition) is 3. The van der Waals surface area contributed by atoms with Gasteiger partial charge in [0.1, 0.15) is 6.61 Å². The van der Waals surface area contributed by atoms with E-state index < -0.39 is 24.1 Å². The number of carbonyl (C=O) groups excluding carboxylic acids is 1. The molecule has 0 amide bonds. The number of aliphatic hydroxyl groups excluding tert-OH is 2. The fourth-order valence-electron chi connectivity index (χ4n) is 0.499. The van der Waals surface area contributed by atoms with Crippen molar-refractivity contribution >= 4 is 23.5 Å². The van der Waals surface area contributed by atoms with Crippen LogP contribution in [0.4, 0.5) is 0 Å². The summed E-state index contributed by atoms with van der Waals surface area (Å²) in [5, 5.41) is 25.8. The van der Waals surface area contributed by atoms with Crippen molar-refractivity contribution in [2.75, 3.05) is 6.61 Å². The van der Waals surface area contributed by atoms with Gasteiger partial charge in [0.05, 0.1) is 0 Å². The minimum absolute atomic E-state index is 0.00960. The molecule has 0 fully saturated rings. The van der Waals surface area contributed by atoms with Crippen LogP contribution in [0, 0.1) is 0 Å². The smallest absolute Gasteiger partial charge is 0.338 e. The second kappa shape index (κ2) is 5.58. The Bertz CT molecular complexity index is 251. The Hall–Kier alpha value is -1.11. The molecule has 6 nitrogen and oxygen atoms in total. The van der Waals surface area contributed by atoms with Gasteiger partial charge in [-0.2, -0.15) is 0 Å². The lowest BCUT2D eigenvalue weighted by Crippen LogP contribution is -2.40. The van der Waals surface area contributed by atoms with Crippen LogP contribution in [0.3, 0.4) is 0 Å². The van der Waals surface area contributed by atoms with Gasteiger partial charge in [-0.1, -0.05) is 18.2 Å². The largest absolute Gasteiger partial charge is 0.479 e. The summed E-state index contributed by atoms with van der Waals surface area (Å²) >= 11 is 5.24. The van der Waals surface area contributed by atoms with E-state index in [-0.39, 0.29) is 11.6 Å². The second-order valence-corrected chi connectivity index (χ2v) is 2.89. The fourth-order valence-corrected chi connectivity index (χ4v) is 0.553. The van der Waals surface area contributed by atoms with E-state index in [1.54, 1.807) is 0 Å². The zero-order chi connectivity index (χ0) is 11.3. The summed E-state index contributed by atoms with van der Waals surface area (Å²) in [7, 11) is 0. The molecule has 0 aromatic carbocycles. The molecule has 0 rings (SSSR count). The third kappa shape index (κ3) is 4.22. The highest BCUT2D eigenvalue weighted by molar-refractivity contribution is 6.29. The number of carboxylic acids is 1. The molecule has 0 saturated heterocycles. The van der Waals surface area contributed by atoms with E-state index in [2.05, 4.69) is 11.3 Å². The molecule has 0 radical (unpaired) electrons. The molecule has 2 unspecified atom stereocenters. The molecule has 14 heavy (non-hydrogen) atoms. The van der Waals surface area contributed by atoms with E-state index in [0.29, 0.717) is 0 Å². The minimum atomic E-state index is -2.22. The predicted octanol–water partition coefficient (Wildman–Crippen LogP) is -0.912. The Balaban J connectivity index is 4.11. The second-order valence-electron chi connectivity index (χ2n) is 2.35. The van der Waals surface area contributed by atoms with Gasteiger partial charge in [0.15, 0.2) is 12.2 Å². The summed E-state index contributed by atoms with van der Waals surface area (Å²) in [6.07, 6.45) is -4.35. The Morgan fingerprint density at radius 1 is 1.36 bits per heavy atom. The normalized spacial score (nSPS) is 14.2. The molecule has 0 aliphatic heterocycles. The van der Waals surface area contributed by atoms with Crippen LogP contribution in [0.1, 0.15) is 0 Å². The molecule has 0 aromatic rings. The Morgan fingerprint density at radius 3 is 2.21 bits per heavy atom. The van der Waals surface area contributed by atoms with Crippen LogP contribution in [0.2, 0.25) is 0 Å². The summed E-state index contributed by atoms with van der Waals surface area (Å²) in [4.78, 5) is 20.9. The van der Waals surface area contributed by atoms with Crippen molar-refractivity contribution < 1.29 is 29.6 Å². The highest BCUT2D eigenvalue weighted by Crippen LogP contribution is 2.01. The SMILES string of the molecule is C=C(Cl)COC(=O)C(O)C(O)C(=O)O. The lowest BCUT2D eigenvalue weighted by Gasteiger charge is -2.12. The Morgan fingerprint density at radius 2 is 1.86 bits per heavy atom. The van der Waals surface area contributed by atoms with Crippen molar-refractivity contribution in [3.8, 4) is 0 Å². The molecular formula is C7H9ClO6. The third-order valence-corrected chi connectivity index (χ3v) is 1.27. The molecular weight excluding hydrogens is 216 g/mol. The van der Waals surface area contributed by atoms with Gasteiger partial charge >= 0.3 is 11.9 Å². The molecule has 0 aliphatic rings. The van der Waals surface area contributed by atoms with Crippen LogP contribution >= 0.6 is 11.6 Å². The Kier molecular flexibility index (Phi) is 5.14. The van der Waals surface area contributed by atoms with Gasteiger partial charge in [0.25, 0.3) is 0 Å². The van der Waals surface area contributed by atoms with E-state index in [0.717, 1.165) is 0 Å². The first-order chi connectivity index (χ1) is 6.36. The first kappa shape index (κ1) is 12.9. The first-order valence-corrected chi connectivity index (χ1v) is 3.83. The molecule has 3 N–H and O–H groups in total. The van der Waals surface area contributed by atoms with Gasteiger partial charge in [-0.15, -0.1) is 0 Å². The number of aliphatic hydroxyl groups is 2. The van der Waals surface area contributed by atoms with E-state index >= 15 is 0 Å². The van der Waals surface area contributed by atoms with Gasteiger partial charge in [0, 0.05) is 5.03 Å². The van der Waals surface area contributed by atoms with E-state index in [1.807, 2.05) is 0 Å². The van der Waals surface area contributed by atoms with Crippen molar-refractivity contribution in [2.24, 2.45) is 0 Å². The number of rotatable bonds is 5. The zero-order valence-electron chi connectivity index (χ0n) is 7.01. The van der Waals surface area contributed by atoms with Crippen LogP contribution < -0.4 is 0 Å². The fraction of sp³-hybridized carbons (Fsp3) is 0.429. The zero-order valence-corrected chi connectivity index (χ0v) is 7.77. The molecule has 0 heterocycles. The average Bonchev–Trinajstić information content (AvgIpc) is 2.11.